The lowest BCUT2D eigenvalue weighted by molar-refractivity contribution is 0.101. The molecule has 122 valence electrons. The van der Waals surface area contributed by atoms with Crippen molar-refractivity contribution in [2.75, 3.05) is 0 Å². The van der Waals surface area contributed by atoms with Gasteiger partial charge in [0.2, 0.25) is 5.78 Å². The fourth-order valence-corrected chi connectivity index (χ4v) is 3.77. The van der Waals surface area contributed by atoms with Crippen LogP contribution in [0.1, 0.15) is 21.7 Å². The molecule has 0 radical (unpaired) electrons. The van der Waals surface area contributed by atoms with Gasteiger partial charge in [-0.2, -0.15) is 0 Å². The van der Waals surface area contributed by atoms with Crippen molar-refractivity contribution in [3.8, 4) is 0 Å². The van der Waals surface area contributed by atoms with Crippen LogP contribution in [0.2, 0.25) is 0 Å². The van der Waals surface area contributed by atoms with Crippen molar-refractivity contribution in [2.24, 2.45) is 0 Å². The molecule has 1 heterocycles. The van der Waals surface area contributed by atoms with E-state index in [2.05, 4.69) is 12.1 Å². The number of para-hydroxylation sites is 1. The van der Waals surface area contributed by atoms with Crippen LogP contribution in [-0.2, 0) is 5.75 Å². The normalized spacial score (nSPS) is 10.9. The maximum atomic E-state index is 12.9. The van der Waals surface area contributed by atoms with Gasteiger partial charge in [-0.3, -0.25) is 4.79 Å². The molecular weight excluding hydrogens is 328 g/mol. The van der Waals surface area contributed by atoms with Crippen molar-refractivity contribution in [1.29, 1.82) is 0 Å². The Labute approximate surface area is 150 Å². The van der Waals surface area contributed by atoms with Crippen molar-refractivity contribution in [1.82, 2.24) is 0 Å². The van der Waals surface area contributed by atoms with Gasteiger partial charge in [-0.05, 0) is 18.2 Å². The number of carbonyl (C=O) groups excluding carboxylic acids is 1. The number of fused-ring (bicyclic) bond motifs is 1. The Kier molecular flexibility index (Phi) is 4.40. The quantitative estimate of drug-likeness (QED) is 0.331. The van der Waals surface area contributed by atoms with E-state index in [-0.39, 0.29) is 5.78 Å². The van der Waals surface area contributed by atoms with Crippen LogP contribution in [0.3, 0.4) is 0 Å². The van der Waals surface area contributed by atoms with Crippen LogP contribution in [-0.4, -0.2) is 5.78 Å². The maximum Gasteiger partial charge on any atom is 0.228 e. The Balaban J connectivity index is 1.74. The van der Waals surface area contributed by atoms with Gasteiger partial charge in [0.1, 0.15) is 5.58 Å². The molecule has 4 rings (SSSR count). The molecule has 0 bridgehead atoms. The number of hydrogen-bond donors (Lipinski definition) is 0. The maximum absolute atomic E-state index is 12.9. The van der Waals surface area contributed by atoms with Crippen LogP contribution in [0.5, 0.6) is 0 Å². The average Bonchev–Trinajstić information content (AvgIpc) is 3.06. The third-order valence-electron chi connectivity index (χ3n) is 4.07. The first kappa shape index (κ1) is 15.7. The molecular formula is C22H16O2S. The van der Waals surface area contributed by atoms with Crippen LogP contribution < -0.4 is 0 Å². The Morgan fingerprint density at radius 3 is 2.20 bits per heavy atom. The van der Waals surface area contributed by atoms with E-state index < -0.39 is 0 Å². The summed E-state index contributed by atoms with van der Waals surface area (Å²) in [5.41, 5.74) is 2.36. The lowest BCUT2D eigenvalue weighted by Gasteiger charge is -2.04. The highest BCUT2D eigenvalue weighted by Crippen LogP contribution is 2.33. The smallest absolute Gasteiger partial charge is 0.228 e. The minimum Gasteiger partial charge on any atom is -0.452 e. The van der Waals surface area contributed by atoms with Gasteiger partial charge in [0.25, 0.3) is 0 Å². The zero-order valence-electron chi connectivity index (χ0n) is 13.5. The predicted octanol–water partition coefficient (Wildman–Crippen LogP) is 5.96. The lowest BCUT2D eigenvalue weighted by atomic mass is 10.0. The predicted molar refractivity (Wildman–Crippen MR) is 102 cm³/mol. The van der Waals surface area contributed by atoms with Crippen LogP contribution in [0, 0.1) is 0 Å². The molecule has 0 aliphatic heterocycles. The van der Waals surface area contributed by atoms with Gasteiger partial charge in [0.05, 0.1) is 0 Å². The van der Waals surface area contributed by atoms with E-state index in [1.165, 1.54) is 4.90 Å². The summed E-state index contributed by atoms with van der Waals surface area (Å²) in [4.78, 5) is 14.1. The molecule has 0 saturated carbocycles. The fourth-order valence-electron chi connectivity index (χ4n) is 2.82. The van der Waals surface area contributed by atoms with E-state index >= 15 is 0 Å². The molecule has 0 aliphatic rings. The molecule has 1 aromatic heterocycles. The van der Waals surface area contributed by atoms with Crippen LogP contribution >= 0.6 is 11.8 Å². The second-order valence-corrected chi connectivity index (χ2v) is 6.75. The first-order valence-corrected chi connectivity index (χ1v) is 9.09. The molecule has 0 spiro atoms. The highest BCUT2D eigenvalue weighted by atomic mass is 32.2. The van der Waals surface area contributed by atoms with Crippen LogP contribution in [0.4, 0.5) is 0 Å². The van der Waals surface area contributed by atoms with Crippen molar-refractivity contribution >= 4 is 28.5 Å². The SMILES string of the molecule is O=C(c1ccccc1)c1oc2ccccc2c1CSc1ccccc1. The van der Waals surface area contributed by atoms with Gasteiger partial charge in [-0.25, -0.2) is 0 Å². The number of benzene rings is 3. The molecule has 3 aromatic carbocycles. The Hall–Kier alpha value is -2.78. The van der Waals surface area contributed by atoms with Crippen molar-refractivity contribution in [3.05, 3.63) is 102 Å². The average molecular weight is 344 g/mol. The fraction of sp³-hybridized carbons (Fsp3) is 0.0455. The highest BCUT2D eigenvalue weighted by molar-refractivity contribution is 7.98. The van der Waals surface area contributed by atoms with Gasteiger partial charge >= 0.3 is 0 Å². The third kappa shape index (κ3) is 3.24. The van der Waals surface area contributed by atoms with Crippen LogP contribution in [0.15, 0.2) is 94.2 Å². The number of hydrogen-bond acceptors (Lipinski definition) is 3. The second kappa shape index (κ2) is 6.99. The summed E-state index contributed by atoms with van der Waals surface area (Å²) in [6, 6.07) is 27.3. The molecule has 0 amide bonds. The molecule has 0 fully saturated rings. The summed E-state index contributed by atoms with van der Waals surface area (Å²) in [5, 5.41) is 1.00. The van der Waals surface area contributed by atoms with Crippen molar-refractivity contribution in [3.63, 3.8) is 0 Å². The molecule has 2 nitrogen and oxygen atoms in total. The second-order valence-electron chi connectivity index (χ2n) is 5.70. The molecule has 3 heteroatoms. The van der Waals surface area contributed by atoms with E-state index in [4.69, 9.17) is 4.42 Å². The van der Waals surface area contributed by atoms with Gasteiger partial charge in [0, 0.05) is 27.2 Å². The summed E-state index contributed by atoms with van der Waals surface area (Å²) < 4.78 is 5.94. The molecule has 4 aromatic rings. The van der Waals surface area contributed by atoms with E-state index in [9.17, 15) is 4.79 Å². The Bertz CT molecular complexity index is 1000. The van der Waals surface area contributed by atoms with Gasteiger partial charge < -0.3 is 4.42 Å². The molecule has 0 saturated heterocycles. The summed E-state index contributed by atoms with van der Waals surface area (Å²) >= 11 is 1.71. The van der Waals surface area contributed by atoms with Crippen molar-refractivity contribution < 1.29 is 9.21 Å². The first-order valence-electron chi connectivity index (χ1n) is 8.11. The number of rotatable bonds is 5. The highest BCUT2D eigenvalue weighted by Gasteiger charge is 2.21. The number of thioether (sulfide) groups is 1. The summed E-state index contributed by atoms with van der Waals surface area (Å²) in [6.45, 7) is 0. The number of carbonyl (C=O) groups is 1. The van der Waals surface area contributed by atoms with Crippen molar-refractivity contribution in [2.45, 2.75) is 10.6 Å². The largest absolute Gasteiger partial charge is 0.452 e. The van der Waals surface area contributed by atoms with Gasteiger partial charge in [-0.15, -0.1) is 11.8 Å². The standard InChI is InChI=1S/C22H16O2S/c23-21(16-9-3-1-4-10-16)22-19(15-25-17-11-5-2-6-12-17)18-13-7-8-14-20(18)24-22/h1-14H,15H2. The summed E-state index contributed by atoms with van der Waals surface area (Å²) in [6.07, 6.45) is 0. The number of ketones is 1. The number of furan rings is 1. The minimum absolute atomic E-state index is 0.0690. The van der Waals surface area contributed by atoms with E-state index in [0.29, 0.717) is 17.1 Å². The Morgan fingerprint density at radius 1 is 0.800 bits per heavy atom. The zero-order chi connectivity index (χ0) is 17.1. The molecule has 25 heavy (non-hydrogen) atoms. The van der Waals surface area contributed by atoms with Gasteiger partial charge in [-0.1, -0.05) is 66.7 Å². The van der Waals surface area contributed by atoms with E-state index in [1.54, 1.807) is 11.8 Å². The molecule has 0 aliphatic carbocycles. The molecule has 0 atom stereocenters. The molecule has 0 unspecified atom stereocenters. The lowest BCUT2D eigenvalue weighted by Crippen LogP contribution is -2.02. The van der Waals surface area contributed by atoms with Crippen LogP contribution in [0.25, 0.3) is 11.0 Å². The summed E-state index contributed by atoms with van der Waals surface area (Å²) in [5.74, 6) is 1.06. The summed E-state index contributed by atoms with van der Waals surface area (Å²) in [7, 11) is 0. The third-order valence-corrected chi connectivity index (χ3v) is 5.11. The first-order chi connectivity index (χ1) is 12.3. The Morgan fingerprint density at radius 2 is 1.44 bits per heavy atom. The zero-order valence-corrected chi connectivity index (χ0v) is 14.3. The monoisotopic (exact) mass is 344 g/mol. The van der Waals surface area contributed by atoms with E-state index in [0.717, 1.165) is 16.5 Å². The molecule has 0 N–H and O–H groups in total. The van der Waals surface area contributed by atoms with E-state index in [1.807, 2.05) is 72.8 Å². The topological polar surface area (TPSA) is 30.2 Å². The van der Waals surface area contributed by atoms with Gasteiger partial charge in [0.15, 0.2) is 5.76 Å². The minimum atomic E-state index is -0.0690.